The lowest BCUT2D eigenvalue weighted by atomic mass is 10.1. The van der Waals surface area contributed by atoms with Gasteiger partial charge < -0.3 is 28.4 Å². The van der Waals surface area contributed by atoms with Crippen LogP contribution in [-0.2, 0) is 28.4 Å². The van der Waals surface area contributed by atoms with Crippen molar-refractivity contribution >= 4 is 31.4 Å². The third-order valence-corrected chi connectivity index (χ3v) is 12.1. The lowest BCUT2D eigenvalue weighted by Crippen LogP contribution is -2.39. The molecular weight excluding hydrogens is 625 g/mol. The second-order valence-electron chi connectivity index (χ2n) is 11.5. The van der Waals surface area contributed by atoms with E-state index < -0.39 is 11.9 Å². The summed E-state index contributed by atoms with van der Waals surface area (Å²) in [5.41, 5.74) is 0. The Morgan fingerprint density at radius 2 is 0.533 bits per heavy atom. The lowest BCUT2D eigenvalue weighted by Gasteiger charge is -2.32. The van der Waals surface area contributed by atoms with E-state index in [4.69, 9.17) is 28.4 Å². The van der Waals surface area contributed by atoms with E-state index in [1.54, 1.807) is 0 Å². The fourth-order valence-electron chi connectivity index (χ4n) is 5.58. The van der Waals surface area contributed by atoms with E-state index in [0.29, 0.717) is 39.6 Å². The first kappa shape index (κ1) is 45.8. The summed E-state index contributed by atoms with van der Waals surface area (Å²) in [5.74, 6) is 0.928. The van der Waals surface area contributed by atoms with Gasteiger partial charge in [0.1, 0.15) is 0 Å². The van der Waals surface area contributed by atoms with Crippen LogP contribution in [-0.4, -0.2) is 63.1 Å². The third-order valence-electron chi connectivity index (χ3n) is 7.70. The van der Waals surface area contributed by atoms with Gasteiger partial charge in [-0.25, -0.2) is 0 Å². The van der Waals surface area contributed by atoms with E-state index in [0.717, 1.165) is 25.7 Å². The van der Waals surface area contributed by atoms with Crippen LogP contribution in [0.4, 0.5) is 0 Å². The predicted octanol–water partition coefficient (Wildman–Crippen LogP) is 12.3. The zero-order valence-electron chi connectivity index (χ0n) is 30.5. The van der Waals surface area contributed by atoms with Crippen molar-refractivity contribution in [3.63, 3.8) is 0 Å². The van der Waals surface area contributed by atoms with Crippen molar-refractivity contribution in [3.05, 3.63) is 0 Å². The zero-order valence-corrected chi connectivity index (χ0v) is 32.9. The zero-order chi connectivity index (χ0) is 33.2. The minimum atomic E-state index is -0.830. The first-order valence-electron chi connectivity index (χ1n) is 18.8. The van der Waals surface area contributed by atoms with Crippen LogP contribution in [0.15, 0.2) is 0 Å². The van der Waals surface area contributed by atoms with E-state index in [9.17, 15) is 0 Å². The highest BCUT2D eigenvalue weighted by atomic mass is 33.5. The van der Waals surface area contributed by atoms with Gasteiger partial charge >= 0.3 is 0 Å². The second-order valence-corrected chi connectivity index (χ2v) is 16.0. The van der Waals surface area contributed by atoms with Gasteiger partial charge in [-0.1, -0.05) is 111 Å². The Morgan fingerprint density at radius 3 is 0.778 bits per heavy atom. The topological polar surface area (TPSA) is 55.4 Å². The summed E-state index contributed by atoms with van der Waals surface area (Å²) in [6, 6.07) is 0. The second kappa shape index (κ2) is 34.7. The summed E-state index contributed by atoms with van der Waals surface area (Å²) in [4.78, 5) is 0. The molecule has 0 aliphatic heterocycles. The van der Waals surface area contributed by atoms with Crippen LogP contribution < -0.4 is 0 Å². The number of hydrogen-bond acceptors (Lipinski definition) is 9. The number of unbranched alkanes of at least 4 members (excludes halogenated alkanes) is 16. The van der Waals surface area contributed by atoms with Crippen molar-refractivity contribution in [2.75, 3.05) is 51.1 Å². The van der Waals surface area contributed by atoms with E-state index in [-0.39, 0.29) is 0 Å². The van der Waals surface area contributed by atoms with Gasteiger partial charge in [-0.2, -0.15) is 0 Å². The Bertz CT molecular complexity index is 505. The van der Waals surface area contributed by atoms with E-state index in [2.05, 4.69) is 21.6 Å². The van der Waals surface area contributed by atoms with Gasteiger partial charge in [0.15, 0.2) is 0 Å². The molecule has 0 rings (SSSR count). The van der Waals surface area contributed by atoms with Gasteiger partial charge in [0.2, 0.25) is 0 Å². The van der Waals surface area contributed by atoms with Gasteiger partial charge in [-0.15, -0.1) is 0 Å². The van der Waals surface area contributed by atoms with Crippen molar-refractivity contribution in [1.82, 2.24) is 0 Å². The summed E-state index contributed by atoms with van der Waals surface area (Å²) in [6.07, 6.45) is 25.3. The molecular formula is C36H74O6S3. The molecule has 0 aliphatic carbocycles. The summed E-state index contributed by atoms with van der Waals surface area (Å²) in [6.45, 7) is 15.7. The molecule has 0 amide bonds. The van der Waals surface area contributed by atoms with E-state index in [1.165, 1.54) is 114 Å². The Balaban J connectivity index is 3.44. The monoisotopic (exact) mass is 698 g/mol. The standard InChI is InChI=1S/C36H74O6S3/c1-7-37-35(38-8-2,39-9-3)31-27-23-19-15-13-17-21-25-29-33-43-45-44-34-30-26-22-18-14-16-20-24-28-32-36(40-10-4,41-11-5)42-12-6/h7-34H2,1-6H3. The van der Waals surface area contributed by atoms with Crippen molar-refractivity contribution in [2.24, 2.45) is 0 Å². The van der Waals surface area contributed by atoms with Crippen LogP contribution in [0.3, 0.4) is 0 Å². The minimum absolute atomic E-state index is 0.613. The molecule has 0 radical (unpaired) electrons. The number of hydrogen-bond donors (Lipinski definition) is 0. The highest BCUT2D eigenvalue weighted by Gasteiger charge is 2.32. The molecule has 0 spiro atoms. The summed E-state index contributed by atoms with van der Waals surface area (Å²) < 4.78 is 35.0. The maximum absolute atomic E-state index is 5.83. The molecule has 0 saturated heterocycles. The largest absolute Gasteiger partial charge is 0.328 e. The summed E-state index contributed by atoms with van der Waals surface area (Å²) in [5, 5.41) is 0. The third kappa shape index (κ3) is 27.3. The first-order chi connectivity index (χ1) is 22.1. The average Bonchev–Trinajstić information content (AvgIpc) is 3.02. The highest BCUT2D eigenvalue weighted by molar-refractivity contribution is 9.09. The molecule has 0 heterocycles. The van der Waals surface area contributed by atoms with Crippen LogP contribution >= 0.6 is 31.4 Å². The van der Waals surface area contributed by atoms with Crippen LogP contribution in [0.25, 0.3) is 0 Å². The van der Waals surface area contributed by atoms with E-state index in [1.807, 2.05) is 51.4 Å². The molecule has 0 aliphatic rings. The molecule has 272 valence electrons. The highest BCUT2D eigenvalue weighted by Crippen LogP contribution is 2.36. The number of rotatable bonds is 38. The maximum atomic E-state index is 5.83. The Labute approximate surface area is 291 Å². The SMILES string of the molecule is CCOC(CCCCCCCCCCCSSSCCCCCCCCCCCC(OCC)(OCC)OCC)(OCC)OCC. The fraction of sp³-hybridized carbons (Fsp3) is 1.00. The smallest absolute Gasteiger partial charge is 0.282 e. The van der Waals surface area contributed by atoms with Crippen LogP contribution in [0, 0.1) is 0 Å². The summed E-state index contributed by atoms with van der Waals surface area (Å²) in [7, 11) is 6.13. The van der Waals surface area contributed by atoms with Crippen molar-refractivity contribution in [3.8, 4) is 0 Å². The molecule has 0 saturated carbocycles. The van der Waals surface area contributed by atoms with Crippen LogP contribution in [0.2, 0.25) is 0 Å². The molecule has 9 heteroatoms. The molecule has 0 aromatic heterocycles. The molecule has 0 aromatic rings. The molecule has 0 N–H and O–H groups in total. The Hall–Kier alpha value is 0.810. The molecule has 0 unspecified atom stereocenters. The molecule has 0 atom stereocenters. The molecule has 0 fully saturated rings. The first-order valence-corrected chi connectivity index (χ1v) is 22.6. The van der Waals surface area contributed by atoms with E-state index >= 15 is 0 Å². The average molecular weight is 699 g/mol. The predicted molar refractivity (Wildman–Crippen MR) is 200 cm³/mol. The normalized spacial score (nSPS) is 12.4. The molecule has 0 aromatic carbocycles. The summed E-state index contributed by atoms with van der Waals surface area (Å²) >= 11 is 0. The van der Waals surface area contributed by atoms with Gasteiger partial charge in [0.05, 0.1) is 0 Å². The van der Waals surface area contributed by atoms with Crippen LogP contribution in [0.1, 0.15) is 170 Å². The lowest BCUT2D eigenvalue weighted by molar-refractivity contribution is -0.380. The van der Waals surface area contributed by atoms with Gasteiger partial charge in [0.25, 0.3) is 11.9 Å². The Kier molecular flexibility index (Phi) is 35.3. The van der Waals surface area contributed by atoms with Crippen LogP contribution in [0.5, 0.6) is 0 Å². The molecule has 0 bridgehead atoms. The fourth-order valence-corrected chi connectivity index (χ4v) is 9.59. The van der Waals surface area contributed by atoms with Crippen molar-refractivity contribution in [1.29, 1.82) is 0 Å². The maximum Gasteiger partial charge on any atom is 0.282 e. The van der Waals surface area contributed by atoms with Gasteiger partial charge in [-0.05, 0) is 77.1 Å². The van der Waals surface area contributed by atoms with Crippen molar-refractivity contribution in [2.45, 2.75) is 182 Å². The van der Waals surface area contributed by atoms with Gasteiger partial charge in [-0.3, -0.25) is 0 Å². The quantitative estimate of drug-likeness (QED) is 0.0356. The van der Waals surface area contributed by atoms with Gasteiger partial charge in [0, 0.05) is 64.0 Å². The Morgan fingerprint density at radius 1 is 0.311 bits per heavy atom. The minimum Gasteiger partial charge on any atom is -0.328 e. The number of ether oxygens (including phenoxy) is 6. The molecule has 45 heavy (non-hydrogen) atoms. The van der Waals surface area contributed by atoms with Crippen molar-refractivity contribution < 1.29 is 28.4 Å². The molecule has 6 nitrogen and oxygen atoms in total.